The maximum atomic E-state index is 11.7. The first-order valence-electron chi connectivity index (χ1n) is 6.23. The number of hydrogen-bond donors (Lipinski definition) is 3. The van der Waals surface area contributed by atoms with Gasteiger partial charge in [-0.2, -0.15) is 0 Å². The molecule has 4 N–H and O–H groups in total. The molecule has 106 valence electrons. The molecular weight excluding hydrogens is 260 g/mol. The Kier molecular flexibility index (Phi) is 4.05. The van der Waals surface area contributed by atoms with Crippen LogP contribution >= 0.6 is 0 Å². The van der Waals surface area contributed by atoms with Crippen LogP contribution in [0.25, 0.3) is 11.0 Å². The number of nitrogens with two attached hydrogens (primary N) is 1. The first-order valence-corrected chi connectivity index (χ1v) is 6.23. The second kappa shape index (κ2) is 5.75. The van der Waals surface area contributed by atoms with Gasteiger partial charge in [0.05, 0.1) is 18.5 Å². The molecule has 0 aliphatic rings. The van der Waals surface area contributed by atoms with Crippen LogP contribution in [0, 0.1) is 0 Å². The highest BCUT2D eigenvalue weighted by molar-refractivity contribution is 5.86. The number of furan rings is 1. The minimum Gasteiger partial charge on any atom is -0.481 e. The van der Waals surface area contributed by atoms with Gasteiger partial charge in [0.25, 0.3) is 0 Å². The lowest BCUT2D eigenvalue weighted by Gasteiger charge is -2.14. The molecule has 6 heteroatoms. The zero-order chi connectivity index (χ0) is 14.7. The third-order valence-corrected chi connectivity index (χ3v) is 2.96. The van der Waals surface area contributed by atoms with Crippen LogP contribution in [0.5, 0.6) is 0 Å². The topological polar surface area (TPSA) is 106 Å². The van der Waals surface area contributed by atoms with Gasteiger partial charge in [0.2, 0.25) is 5.91 Å². The van der Waals surface area contributed by atoms with Crippen LogP contribution in [0.4, 0.5) is 0 Å². The highest BCUT2D eigenvalue weighted by Crippen LogP contribution is 2.23. The molecule has 1 amide bonds. The predicted octanol–water partition coefficient (Wildman–Crippen LogP) is 1.41. The number of nitrogens with one attached hydrogen (secondary N) is 1. The van der Waals surface area contributed by atoms with Gasteiger partial charge in [-0.05, 0) is 19.1 Å². The zero-order valence-electron chi connectivity index (χ0n) is 11.0. The quantitative estimate of drug-likeness (QED) is 0.765. The van der Waals surface area contributed by atoms with Crippen molar-refractivity contribution in [2.75, 3.05) is 0 Å². The number of amides is 1. The molecule has 2 rings (SSSR count). The van der Waals surface area contributed by atoms with Gasteiger partial charge < -0.3 is 20.6 Å². The lowest BCUT2D eigenvalue weighted by Crippen LogP contribution is -2.42. The molecule has 2 aromatic rings. The van der Waals surface area contributed by atoms with Crippen molar-refractivity contribution >= 4 is 22.8 Å². The highest BCUT2D eigenvalue weighted by atomic mass is 16.4. The van der Waals surface area contributed by atoms with Gasteiger partial charge >= 0.3 is 5.97 Å². The Morgan fingerprint density at radius 2 is 2.10 bits per heavy atom. The first kappa shape index (κ1) is 14.1. The molecule has 0 bridgehead atoms. The monoisotopic (exact) mass is 276 g/mol. The molecule has 0 fully saturated rings. The second-order valence-corrected chi connectivity index (χ2v) is 4.62. The summed E-state index contributed by atoms with van der Waals surface area (Å²) in [7, 11) is 0. The van der Waals surface area contributed by atoms with Gasteiger partial charge in [-0.15, -0.1) is 0 Å². The highest BCUT2D eigenvalue weighted by Gasteiger charge is 2.20. The molecule has 2 unspecified atom stereocenters. The van der Waals surface area contributed by atoms with Gasteiger partial charge in [-0.25, -0.2) is 0 Å². The van der Waals surface area contributed by atoms with Crippen molar-refractivity contribution < 1.29 is 19.1 Å². The maximum absolute atomic E-state index is 11.7. The molecule has 6 nitrogen and oxygen atoms in total. The lowest BCUT2D eigenvalue weighted by molar-refractivity contribution is -0.139. The summed E-state index contributed by atoms with van der Waals surface area (Å²) in [6.45, 7) is 1.75. The van der Waals surface area contributed by atoms with Crippen LogP contribution in [0.1, 0.15) is 25.1 Å². The van der Waals surface area contributed by atoms with E-state index < -0.39 is 24.3 Å². The molecule has 0 radical (unpaired) electrons. The van der Waals surface area contributed by atoms with Crippen LogP contribution in [0.15, 0.2) is 34.7 Å². The standard InChI is InChI=1S/C14H16N2O4/c1-8(16-14(19)10(15)7-13(17)18)12-6-9-4-2-3-5-11(9)20-12/h2-6,8,10H,7,15H2,1H3,(H,16,19)(H,17,18). The van der Waals surface area contributed by atoms with E-state index in [1.807, 2.05) is 30.3 Å². The summed E-state index contributed by atoms with van der Waals surface area (Å²) in [6.07, 6.45) is -0.404. The molecule has 1 aromatic carbocycles. The van der Waals surface area contributed by atoms with Crippen molar-refractivity contribution in [2.24, 2.45) is 5.73 Å². The average molecular weight is 276 g/mol. The van der Waals surface area contributed by atoms with Crippen LogP contribution in [-0.4, -0.2) is 23.0 Å². The number of rotatable bonds is 5. The molecule has 0 spiro atoms. The zero-order valence-corrected chi connectivity index (χ0v) is 11.0. The molecule has 20 heavy (non-hydrogen) atoms. The second-order valence-electron chi connectivity index (χ2n) is 4.62. The van der Waals surface area contributed by atoms with Crippen LogP contribution in [-0.2, 0) is 9.59 Å². The van der Waals surface area contributed by atoms with Crippen molar-refractivity contribution in [3.05, 3.63) is 36.1 Å². The average Bonchev–Trinajstić information content (AvgIpc) is 2.81. The van der Waals surface area contributed by atoms with Crippen molar-refractivity contribution in [3.63, 3.8) is 0 Å². The summed E-state index contributed by atoms with van der Waals surface area (Å²) in [5, 5.41) is 12.2. The van der Waals surface area contributed by atoms with Crippen molar-refractivity contribution in [1.82, 2.24) is 5.32 Å². The Bertz CT molecular complexity index is 602. The number of carboxylic acids is 1. The van der Waals surface area contributed by atoms with Gasteiger partial charge in [-0.1, -0.05) is 18.2 Å². The third kappa shape index (κ3) is 3.16. The smallest absolute Gasteiger partial charge is 0.305 e. The number of benzene rings is 1. The molecule has 0 saturated heterocycles. The SMILES string of the molecule is CC(NC(=O)C(N)CC(=O)O)c1cc2ccccc2o1. The predicted molar refractivity (Wildman–Crippen MR) is 73.0 cm³/mol. The Balaban J connectivity index is 2.05. The summed E-state index contributed by atoms with van der Waals surface area (Å²) in [4.78, 5) is 22.2. The third-order valence-electron chi connectivity index (χ3n) is 2.96. The largest absolute Gasteiger partial charge is 0.481 e. The van der Waals surface area contributed by atoms with Gasteiger partial charge in [0, 0.05) is 5.39 Å². The molecule has 0 aliphatic heterocycles. The van der Waals surface area contributed by atoms with Crippen molar-refractivity contribution in [2.45, 2.75) is 25.4 Å². The van der Waals surface area contributed by atoms with E-state index in [0.29, 0.717) is 5.76 Å². The van der Waals surface area contributed by atoms with E-state index in [0.717, 1.165) is 11.0 Å². The molecule has 1 heterocycles. The summed E-state index contributed by atoms with van der Waals surface area (Å²) in [5.41, 5.74) is 6.23. The number of fused-ring (bicyclic) bond motifs is 1. The fourth-order valence-corrected chi connectivity index (χ4v) is 1.89. The molecule has 0 aliphatic carbocycles. The first-order chi connectivity index (χ1) is 9.47. The van der Waals surface area contributed by atoms with Crippen LogP contribution in [0.3, 0.4) is 0 Å². The summed E-state index contributed by atoms with van der Waals surface area (Å²) < 4.78 is 5.62. The van der Waals surface area contributed by atoms with E-state index in [1.54, 1.807) is 6.92 Å². The number of para-hydroxylation sites is 1. The van der Waals surface area contributed by atoms with E-state index in [2.05, 4.69) is 5.32 Å². The Labute approximate surface area is 115 Å². The number of aliphatic carboxylic acids is 1. The number of carboxylic acid groups (broad SMARTS) is 1. The lowest BCUT2D eigenvalue weighted by atomic mass is 10.1. The van der Waals surface area contributed by atoms with Crippen LogP contribution in [0.2, 0.25) is 0 Å². The summed E-state index contributed by atoms with van der Waals surface area (Å²) in [6, 6.07) is 7.89. The van der Waals surface area contributed by atoms with Crippen molar-refractivity contribution in [3.8, 4) is 0 Å². The summed E-state index contributed by atoms with van der Waals surface area (Å²) in [5.74, 6) is -1.02. The normalized spacial score (nSPS) is 13.9. The van der Waals surface area contributed by atoms with E-state index in [9.17, 15) is 9.59 Å². The van der Waals surface area contributed by atoms with Crippen LogP contribution < -0.4 is 11.1 Å². The number of carbonyl (C=O) groups is 2. The van der Waals surface area contributed by atoms with Gasteiger partial charge in [0.15, 0.2) is 0 Å². The molecular formula is C14H16N2O4. The maximum Gasteiger partial charge on any atom is 0.305 e. The minimum atomic E-state index is -1.11. The van der Waals surface area contributed by atoms with E-state index >= 15 is 0 Å². The Hall–Kier alpha value is -2.34. The Morgan fingerprint density at radius 3 is 2.75 bits per heavy atom. The van der Waals surface area contributed by atoms with Gasteiger partial charge in [-0.3, -0.25) is 9.59 Å². The Morgan fingerprint density at radius 1 is 1.40 bits per heavy atom. The number of carbonyl (C=O) groups excluding carboxylic acids is 1. The van der Waals surface area contributed by atoms with E-state index in [-0.39, 0.29) is 6.04 Å². The molecule has 0 saturated carbocycles. The fraction of sp³-hybridized carbons (Fsp3) is 0.286. The van der Waals surface area contributed by atoms with E-state index in [4.69, 9.17) is 15.3 Å². The number of hydrogen-bond acceptors (Lipinski definition) is 4. The minimum absolute atomic E-state index is 0.380. The molecule has 2 atom stereocenters. The van der Waals surface area contributed by atoms with Gasteiger partial charge in [0.1, 0.15) is 11.3 Å². The van der Waals surface area contributed by atoms with E-state index in [1.165, 1.54) is 0 Å². The fourth-order valence-electron chi connectivity index (χ4n) is 1.89. The van der Waals surface area contributed by atoms with Crippen molar-refractivity contribution in [1.29, 1.82) is 0 Å². The summed E-state index contributed by atoms with van der Waals surface area (Å²) >= 11 is 0. The molecule has 1 aromatic heterocycles.